The highest BCUT2D eigenvalue weighted by molar-refractivity contribution is 7.90. The number of anilines is 1. The molecule has 28 heavy (non-hydrogen) atoms. The van der Waals surface area contributed by atoms with E-state index < -0.39 is 20.4 Å². The number of nitro benzene ring substituents is 1. The highest BCUT2D eigenvalue weighted by Gasteiger charge is 2.23. The van der Waals surface area contributed by atoms with Crippen molar-refractivity contribution in [3.63, 3.8) is 0 Å². The van der Waals surface area contributed by atoms with Gasteiger partial charge < -0.3 is 4.90 Å². The van der Waals surface area contributed by atoms with E-state index in [-0.39, 0.29) is 4.90 Å². The largest absolute Gasteiger partial charge is 0.370 e. The lowest BCUT2D eigenvalue weighted by atomic mass is 9.99. The van der Waals surface area contributed by atoms with Gasteiger partial charge in [-0.15, -0.1) is 0 Å². The second kappa shape index (κ2) is 7.82. The Bertz CT molecular complexity index is 1110. The zero-order valence-electron chi connectivity index (χ0n) is 15.6. The first-order valence-corrected chi connectivity index (χ1v) is 10.5. The number of sulfone groups is 1. The molecule has 0 saturated carbocycles. The van der Waals surface area contributed by atoms with Crippen LogP contribution in [0.1, 0.15) is 5.56 Å². The quantitative estimate of drug-likeness (QED) is 0.458. The van der Waals surface area contributed by atoms with E-state index >= 15 is 0 Å². The van der Waals surface area contributed by atoms with Gasteiger partial charge in [-0.2, -0.15) is 0 Å². The van der Waals surface area contributed by atoms with Crippen LogP contribution in [0.2, 0.25) is 0 Å². The monoisotopic (exact) mass is 396 g/mol. The Morgan fingerprint density at radius 2 is 1.61 bits per heavy atom. The average Bonchev–Trinajstić information content (AvgIpc) is 2.68. The summed E-state index contributed by atoms with van der Waals surface area (Å²) in [6, 6.07) is 22.1. The van der Waals surface area contributed by atoms with Crippen LogP contribution in [-0.2, 0) is 16.4 Å². The Morgan fingerprint density at radius 1 is 0.964 bits per heavy atom. The van der Waals surface area contributed by atoms with Crippen molar-refractivity contribution in [2.24, 2.45) is 0 Å². The highest BCUT2D eigenvalue weighted by Crippen LogP contribution is 2.30. The molecular weight excluding hydrogens is 376 g/mol. The number of hydrogen-bond donors (Lipinski definition) is 0. The fraction of sp³-hybridized carbons (Fsp3) is 0.143. The molecule has 144 valence electrons. The highest BCUT2D eigenvalue weighted by atomic mass is 32.2. The van der Waals surface area contributed by atoms with Crippen LogP contribution in [0.4, 0.5) is 11.4 Å². The molecule has 0 fully saturated rings. The summed E-state index contributed by atoms with van der Waals surface area (Å²) in [6.45, 7) is 0.520. The smallest absolute Gasteiger partial charge is 0.288 e. The van der Waals surface area contributed by atoms with E-state index in [1.807, 2.05) is 66.5 Å². The van der Waals surface area contributed by atoms with Crippen molar-refractivity contribution in [2.75, 3.05) is 18.2 Å². The van der Waals surface area contributed by atoms with Gasteiger partial charge in [-0.05, 0) is 28.8 Å². The lowest BCUT2D eigenvalue weighted by molar-refractivity contribution is -0.387. The predicted octanol–water partition coefficient (Wildman–Crippen LogP) is 4.30. The standard InChI is InChI=1S/C21H20N2O4S/c1-22(18-12-13-20(23(24)25)21(14-18)28(2,26)27)15-17-10-6-7-11-19(17)16-8-4-3-5-9-16/h3-14H,15H2,1-2H3. The van der Waals surface area contributed by atoms with Crippen molar-refractivity contribution in [3.05, 3.63) is 88.5 Å². The van der Waals surface area contributed by atoms with Gasteiger partial charge in [0.1, 0.15) is 4.90 Å². The average molecular weight is 396 g/mol. The summed E-state index contributed by atoms with van der Waals surface area (Å²) in [4.78, 5) is 12.1. The Hall–Kier alpha value is -3.19. The van der Waals surface area contributed by atoms with Gasteiger partial charge in [-0.25, -0.2) is 8.42 Å². The van der Waals surface area contributed by atoms with Crippen LogP contribution in [0.3, 0.4) is 0 Å². The second-order valence-corrected chi connectivity index (χ2v) is 8.54. The minimum absolute atomic E-state index is 0.279. The van der Waals surface area contributed by atoms with Gasteiger partial charge in [-0.3, -0.25) is 10.1 Å². The molecule has 0 N–H and O–H groups in total. The Morgan fingerprint density at radius 3 is 2.25 bits per heavy atom. The van der Waals surface area contributed by atoms with Crippen LogP contribution in [0.5, 0.6) is 0 Å². The molecule has 3 rings (SSSR count). The maximum atomic E-state index is 12.0. The molecule has 0 amide bonds. The van der Waals surface area contributed by atoms with Crippen molar-refractivity contribution in [1.82, 2.24) is 0 Å². The fourth-order valence-electron chi connectivity index (χ4n) is 3.09. The number of nitro groups is 1. The van der Waals surface area contributed by atoms with Crippen molar-refractivity contribution in [1.29, 1.82) is 0 Å². The topological polar surface area (TPSA) is 80.5 Å². The predicted molar refractivity (Wildman–Crippen MR) is 110 cm³/mol. The molecule has 0 atom stereocenters. The van der Waals surface area contributed by atoms with Crippen molar-refractivity contribution < 1.29 is 13.3 Å². The first kappa shape index (κ1) is 19.6. The van der Waals surface area contributed by atoms with Gasteiger partial charge in [0.15, 0.2) is 9.84 Å². The lowest BCUT2D eigenvalue weighted by Crippen LogP contribution is -2.17. The second-order valence-electron chi connectivity index (χ2n) is 6.56. The van der Waals surface area contributed by atoms with Crippen LogP contribution in [0.15, 0.2) is 77.7 Å². The number of hydrogen-bond acceptors (Lipinski definition) is 5. The van der Waals surface area contributed by atoms with E-state index in [9.17, 15) is 18.5 Å². The van der Waals surface area contributed by atoms with Crippen LogP contribution < -0.4 is 4.90 Å². The molecular formula is C21H20N2O4S. The summed E-state index contributed by atoms with van der Waals surface area (Å²) in [7, 11) is -1.90. The summed E-state index contributed by atoms with van der Waals surface area (Å²) in [5.74, 6) is 0. The van der Waals surface area contributed by atoms with Crippen LogP contribution >= 0.6 is 0 Å². The molecule has 0 radical (unpaired) electrons. The molecule has 0 aliphatic heterocycles. The van der Waals surface area contributed by atoms with Gasteiger partial charge in [-0.1, -0.05) is 54.6 Å². The Balaban J connectivity index is 1.97. The van der Waals surface area contributed by atoms with Crippen LogP contribution in [-0.4, -0.2) is 26.6 Å². The van der Waals surface area contributed by atoms with Gasteiger partial charge >= 0.3 is 0 Å². The van der Waals surface area contributed by atoms with Crippen molar-refractivity contribution in [3.8, 4) is 11.1 Å². The third-order valence-electron chi connectivity index (χ3n) is 4.49. The molecule has 7 heteroatoms. The van der Waals surface area contributed by atoms with Gasteiger partial charge in [0.2, 0.25) is 0 Å². The van der Waals surface area contributed by atoms with E-state index in [2.05, 4.69) is 0 Å². The number of benzene rings is 3. The van der Waals surface area contributed by atoms with E-state index in [4.69, 9.17) is 0 Å². The summed E-state index contributed by atoms with van der Waals surface area (Å²) >= 11 is 0. The van der Waals surface area contributed by atoms with Gasteiger partial charge in [0.25, 0.3) is 5.69 Å². The van der Waals surface area contributed by atoms with Crippen LogP contribution in [0, 0.1) is 10.1 Å². The molecule has 3 aromatic carbocycles. The molecule has 0 spiro atoms. The SMILES string of the molecule is CN(Cc1ccccc1-c1ccccc1)c1ccc([N+](=O)[O-])c(S(C)(=O)=O)c1. The molecule has 0 aliphatic carbocycles. The maximum absolute atomic E-state index is 12.0. The molecule has 0 aromatic heterocycles. The minimum Gasteiger partial charge on any atom is -0.370 e. The summed E-state index contributed by atoms with van der Waals surface area (Å²) in [6.07, 6.45) is 0.976. The fourth-order valence-corrected chi connectivity index (χ4v) is 3.95. The van der Waals surface area contributed by atoms with E-state index in [1.54, 1.807) is 6.07 Å². The van der Waals surface area contributed by atoms with Crippen LogP contribution in [0.25, 0.3) is 11.1 Å². The molecule has 0 heterocycles. The zero-order chi connectivity index (χ0) is 20.3. The summed E-state index contributed by atoms with van der Waals surface area (Å²) < 4.78 is 24.0. The van der Waals surface area contributed by atoms with Crippen molar-refractivity contribution in [2.45, 2.75) is 11.4 Å². The minimum atomic E-state index is -3.73. The Kier molecular flexibility index (Phi) is 5.46. The van der Waals surface area contributed by atoms with Gasteiger partial charge in [0.05, 0.1) is 4.92 Å². The number of nitrogens with zero attached hydrogens (tertiary/aromatic N) is 2. The molecule has 0 saturated heterocycles. The summed E-state index contributed by atoms with van der Waals surface area (Å²) in [5, 5.41) is 11.2. The molecule has 0 bridgehead atoms. The number of rotatable bonds is 6. The normalized spacial score (nSPS) is 11.2. The third kappa shape index (κ3) is 4.20. The molecule has 3 aromatic rings. The lowest BCUT2D eigenvalue weighted by Gasteiger charge is -2.22. The molecule has 0 aliphatic rings. The van der Waals surface area contributed by atoms with E-state index in [0.717, 1.165) is 22.9 Å². The van der Waals surface area contributed by atoms with Gasteiger partial charge in [0, 0.05) is 31.6 Å². The first-order valence-electron chi connectivity index (χ1n) is 8.60. The third-order valence-corrected chi connectivity index (χ3v) is 5.62. The molecule has 6 nitrogen and oxygen atoms in total. The summed E-state index contributed by atoms with van der Waals surface area (Å²) in [5.41, 5.74) is 3.42. The zero-order valence-corrected chi connectivity index (χ0v) is 16.4. The molecule has 0 unspecified atom stereocenters. The van der Waals surface area contributed by atoms with E-state index in [1.165, 1.54) is 12.1 Å². The maximum Gasteiger partial charge on any atom is 0.288 e. The Labute approximate surface area is 164 Å². The van der Waals surface area contributed by atoms with Crippen molar-refractivity contribution >= 4 is 21.2 Å². The van der Waals surface area contributed by atoms with E-state index in [0.29, 0.717) is 12.2 Å². The first-order chi connectivity index (χ1) is 13.3.